The molecule has 29 heavy (non-hydrogen) atoms. The lowest BCUT2D eigenvalue weighted by atomic mass is 10.4. The molecule has 0 atom stereocenters. The van der Waals surface area contributed by atoms with Gasteiger partial charge in [-0.05, 0) is 18.9 Å². The molecule has 2 aromatic rings. The Morgan fingerprint density at radius 1 is 1.38 bits per heavy atom. The number of halogens is 1. The number of amides is 1. The highest BCUT2D eigenvalue weighted by atomic mass is 35.5. The van der Waals surface area contributed by atoms with Gasteiger partial charge < -0.3 is 15.2 Å². The van der Waals surface area contributed by atoms with E-state index in [1.807, 2.05) is 4.57 Å². The minimum atomic E-state index is -3.75. The van der Waals surface area contributed by atoms with Gasteiger partial charge in [-0.25, -0.2) is 13.4 Å². The zero-order valence-electron chi connectivity index (χ0n) is 16.3. The second kappa shape index (κ2) is 9.06. The highest BCUT2D eigenvalue weighted by Crippen LogP contribution is 2.38. The van der Waals surface area contributed by atoms with Crippen LogP contribution in [-0.4, -0.2) is 65.1 Å². The number of rotatable bonds is 10. The topological polar surface area (TPSA) is 122 Å². The summed E-state index contributed by atoms with van der Waals surface area (Å²) < 4.78 is 28.4. The van der Waals surface area contributed by atoms with Crippen LogP contribution < -0.4 is 10.6 Å². The molecule has 0 unspecified atom stereocenters. The molecule has 1 aliphatic rings. The van der Waals surface area contributed by atoms with E-state index in [0.29, 0.717) is 24.8 Å². The van der Waals surface area contributed by atoms with Crippen LogP contribution in [0.25, 0.3) is 0 Å². The molecule has 3 rings (SSSR count). The average Bonchev–Trinajstić information content (AvgIpc) is 3.41. The molecule has 0 aliphatic heterocycles. The monoisotopic (exact) mass is 441 g/mol. The van der Waals surface area contributed by atoms with Crippen molar-refractivity contribution in [2.75, 3.05) is 32.0 Å². The Kier molecular flexibility index (Phi) is 6.70. The summed E-state index contributed by atoms with van der Waals surface area (Å²) in [5.74, 6) is 1.69. The van der Waals surface area contributed by atoms with Gasteiger partial charge in [0.1, 0.15) is 22.9 Å². The lowest BCUT2D eigenvalue weighted by Crippen LogP contribution is -2.35. The molecule has 1 fully saturated rings. The van der Waals surface area contributed by atoms with Crippen LogP contribution in [0.1, 0.15) is 31.5 Å². The van der Waals surface area contributed by atoms with Gasteiger partial charge in [-0.15, -0.1) is 10.2 Å². The predicted molar refractivity (Wildman–Crippen MR) is 108 cm³/mol. The van der Waals surface area contributed by atoms with Crippen LogP contribution in [0.15, 0.2) is 23.5 Å². The summed E-state index contributed by atoms with van der Waals surface area (Å²) in [6, 6.07) is 1.37. The minimum Gasteiger partial charge on any atom is -0.367 e. The maximum absolute atomic E-state index is 12.6. The summed E-state index contributed by atoms with van der Waals surface area (Å²) in [6.45, 7) is 2.94. The molecule has 10 nitrogen and oxygen atoms in total. The SMILES string of the molecule is CC(=O)NCCN(C)S(=O)(=O)c1cnc(NCCn2cnnc2C2CC2)c(Cl)c1. The first-order chi connectivity index (χ1) is 13.8. The van der Waals surface area contributed by atoms with Crippen LogP contribution >= 0.6 is 11.6 Å². The van der Waals surface area contributed by atoms with Crippen molar-refractivity contribution in [1.29, 1.82) is 0 Å². The van der Waals surface area contributed by atoms with E-state index in [0.717, 1.165) is 23.0 Å². The number of likely N-dealkylation sites (N-methyl/N-ethyl adjacent to an activating group) is 1. The molecule has 12 heteroatoms. The summed E-state index contributed by atoms with van der Waals surface area (Å²) in [5, 5.41) is 14.0. The van der Waals surface area contributed by atoms with Crippen molar-refractivity contribution < 1.29 is 13.2 Å². The molecule has 1 saturated carbocycles. The Morgan fingerprint density at radius 2 is 2.14 bits per heavy atom. The zero-order valence-corrected chi connectivity index (χ0v) is 17.9. The van der Waals surface area contributed by atoms with Crippen LogP contribution in [0.5, 0.6) is 0 Å². The van der Waals surface area contributed by atoms with E-state index in [9.17, 15) is 13.2 Å². The van der Waals surface area contributed by atoms with Gasteiger partial charge in [0.2, 0.25) is 15.9 Å². The average molecular weight is 442 g/mol. The zero-order chi connectivity index (χ0) is 21.0. The van der Waals surface area contributed by atoms with Gasteiger partial charge in [0, 0.05) is 52.3 Å². The van der Waals surface area contributed by atoms with Crippen molar-refractivity contribution in [2.24, 2.45) is 0 Å². The van der Waals surface area contributed by atoms with E-state index in [-0.39, 0.29) is 28.9 Å². The normalized spacial score (nSPS) is 14.2. The molecule has 0 saturated heterocycles. The number of carbonyl (C=O) groups excluding carboxylic acids is 1. The fraction of sp³-hybridized carbons (Fsp3) is 0.529. The quantitative estimate of drug-likeness (QED) is 0.565. The van der Waals surface area contributed by atoms with Gasteiger partial charge in [0.15, 0.2) is 0 Å². The smallest absolute Gasteiger partial charge is 0.244 e. The molecule has 2 N–H and O–H groups in total. The van der Waals surface area contributed by atoms with Crippen molar-refractivity contribution in [3.63, 3.8) is 0 Å². The maximum atomic E-state index is 12.6. The first-order valence-corrected chi connectivity index (χ1v) is 11.1. The molecule has 0 aromatic carbocycles. The van der Waals surface area contributed by atoms with Crippen molar-refractivity contribution in [2.45, 2.75) is 37.1 Å². The van der Waals surface area contributed by atoms with Crippen LogP contribution in [-0.2, 0) is 21.4 Å². The van der Waals surface area contributed by atoms with Gasteiger partial charge in [0.25, 0.3) is 0 Å². The second-order valence-electron chi connectivity index (χ2n) is 6.89. The molecule has 0 radical (unpaired) electrons. The molecule has 2 heterocycles. The van der Waals surface area contributed by atoms with Gasteiger partial charge in [-0.3, -0.25) is 4.79 Å². The van der Waals surface area contributed by atoms with Crippen LogP contribution in [0, 0.1) is 0 Å². The number of anilines is 1. The third-order valence-corrected chi connectivity index (χ3v) is 6.67. The Balaban J connectivity index is 1.58. The lowest BCUT2D eigenvalue weighted by molar-refractivity contribution is -0.118. The second-order valence-corrected chi connectivity index (χ2v) is 9.35. The number of pyridine rings is 1. The van der Waals surface area contributed by atoms with E-state index < -0.39 is 10.0 Å². The number of hydrogen-bond acceptors (Lipinski definition) is 7. The Morgan fingerprint density at radius 3 is 2.79 bits per heavy atom. The molecular weight excluding hydrogens is 418 g/mol. The Hall–Kier alpha value is -2.24. The van der Waals surface area contributed by atoms with Crippen molar-refractivity contribution >= 4 is 33.3 Å². The minimum absolute atomic E-state index is 0.00629. The van der Waals surface area contributed by atoms with E-state index >= 15 is 0 Å². The van der Waals surface area contributed by atoms with E-state index in [4.69, 9.17) is 11.6 Å². The van der Waals surface area contributed by atoms with Gasteiger partial charge in [-0.2, -0.15) is 4.31 Å². The number of nitrogens with zero attached hydrogens (tertiary/aromatic N) is 5. The highest BCUT2D eigenvalue weighted by molar-refractivity contribution is 7.89. The van der Waals surface area contributed by atoms with Gasteiger partial charge in [0.05, 0.1) is 5.02 Å². The number of carbonyl (C=O) groups is 1. The first-order valence-electron chi connectivity index (χ1n) is 9.27. The first kappa shape index (κ1) is 21.5. The van der Waals surface area contributed by atoms with E-state index in [1.165, 1.54) is 26.2 Å². The van der Waals surface area contributed by atoms with Gasteiger partial charge in [-0.1, -0.05) is 11.6 Å². The van der Waals surface area contributed by atoms with Crippen LogP contribution in [0.2, 0.25) is 5.02 Å². The van der Waals surface area contributed by atoms with Crippen molar-refractivity contribution in [3.8, 4) is 0 Å². The number of hydrogen-bond donors (Lipinski definition) is 2. The maximum Gasteiger partial charge on any atom is 0.244 e. The number of sulfonamides is 1. The Labute approximate surface area is 174 Å². The largest absolute Gasteiger partial charge is 0.367 e. The summed E-state index contributed by atoms with van der Waals surface area (Å²) >= 11 is 6.24. The fourth-order valence-corrected chi connectivity index (χ4v) is 4.21. The summed E-state index contributed by atoms with van der Waals surface area (Å²) in [4.78, 5) is 15.1. The third-order valence-electron chi connectivity index (χ3n) is 4.56. The molecular formula is C17H24ClN7O3S. The number of aromatic nitrogens is 4. The fourth-order valence-electron chi connectivity index (χ4n) is 2.77. The molecule has 158 valence electrons. The van der Waals surface area contributed by atoms with Crippen LogP contribution in [0.3, 0.4) is 0 Å². The lowest BCUT2D eigenvalue weighted by Gasteiger charge is -2.18. The van der Waals surface area contributed by atoms with Crippen LogP contribution in [0.4, 0.5) is 5.82 Å². The van der Waals surface area contributed by atoms with Crippen molar-refractivity contribution in [1.82, 2.24) is 29.4 Å². The molecule has 0 bridgehead atoms. The third kappa shape index (κ3) is 5.43. The Bertz CT molecular complexity index is 975. The highest BCUT2D eigenvalue weighted by Gasteiger charge is 2.28. The molecule has 0 spiro atoms. The summed E-state index contributed by atoms with van der Waals surface area (Å²) in [6.07, 6.45) is 5.27. The summed E-state index contributed by atoms with van der Waals surface area (Å²) in [5.41, 5.74) is 0. The van der Waals surface area contributed by atoms with Crippen molar-refractivity contribution in [3.05, 3.63) is 29.4 Å². The molecule has 2 aromatic heterocycles. The predicted octanol–water partition coefficient (Wildman–Crippen LogP) is 1.07. The van der Waals surface area contributed by atoms with E-state index in [2.05, 4.69) is 25.8 Å². The molecule has 1 aliphatic carbocycles. The summed E-state index contributed by atoms with van der Waals surface area (Å²) in [7, 11) is -2.32. The number of nitrogens with one attached hydrogen (secondary N) is 2. The molecule has 1 amide bonds. The van der Waals surface area contributed by atoms with E-state index in [1.54, 1.807) is 6.33 Å². The standard InChI is InChI=1S/C17H24ClN7O3S/c1-12(26)19-5-7-24(2)29(27,28)14-9-15(18)16(21-10-14)20-6-8-25-11-22-23-17(25)13-3-4-13/h9-11,13H,3-8H2,1-2H3,(H,19,26)(H,20,21). The van der Waals surface area contributed by atoms with Gasteiger partial charge >= 0.3 is 0 Å².